The van der Waals surface area contributed by atoms with Crippen molar-refractivity contribution in [3.8, 4) is 11.5 Å². The molecule has 1 aromatic rings. The molecule has 0 spiro atoms. The molecule has 0 heterocycles. The molecule has 0 atom stereocenters. The zero-order valence-corrected chi connectivity index (χ0v) is 11.2. The predicted octanol–water partition coefficient (Wildman–Crippen LogP) is 2.19. The summed E-state index contributed by atoms with van der Waals surface area (Å²) in [6.45, 7) is 2.43. The van der Waals surface area contributed by atoms with Crippen LogP contribution in [0.15, 0.2) is 24.3 Å². The van der Waals surface area contributed by atoms with Crippen LogP contribution >= 0.6 is 0 Å². The van der Waals surface area contributed by atoms with Gasteiger partial charge < -0.3 is 9.29 Å². The minimum Gasteiger partial charge on any atom is -0.504 e. The highest BCUT2D eigenvalue weighted by Crippen LogP contribution is 2.25. The average molecular weight is 273 g/mol. The summed E-state index contributed by atoms with van der Waals surface area (Å²) in [5.74, 6) is -0.271. The summed E-state index contributed by atoms with van der Waals surface area (Å²) in [5.41, 5.74) is 0. The van der Waals surface area contributed by atoms with Gasteiger partial charge in [-0.05, 0) is 18.6 Å². The van der Waals surface area contributed by atoms with Gasteiger partial charge in [-0.1, -0.05) is 38.3 Å². The first-order valence-electron chi connectivity index (χ1n) is 6.02. The van der Waals surface area contributed by atoms with E-state index in [0.29, 0.717) is 6.54 Å². The van der Waals surface area contributed by atoms with Crippen molar-refractivity contribution in [1.82, 2.24) is 4.72 Å². The van der Waals surface area contributed by atoms with Gasteiger partial charge >= 0.3 is 10.3 Å². The minimum absolute atomic E-state index is 0.0708. The first-order chi connectivity index (χ1) is 8.55. The number of hydrogen-bond acceptors (Lipinski definition) is 4. The molecule has 0 aliphatic heterocycles. The van der Waals surface area contributed by atoms with Crippen LogP contribution in [-0.4, -0.2) is 20.1 Å². The summed E-state index contributed by atoms with van der Waals surface area (Å²) in [6, 6.07) is 5.94. The fourth-order valence-corrected chi connectivity index (χ4v) is 2.25. The van der Waals surface area contributed by atoms with Gasteiger partial charge in [-0.2, -0.15) is 13.1 Å². The lowest BCUT2D eigenvalue weighted by atomic mass is 10.2. The van der Waals surface area contributed by atoms with E-state index in [2.05, 4.69) is 11.6 Å². The van der Waals surface area contributed by atoms with E-state index >= 15 is 0 Å². The fraction of sp³-hybridized carbons (Fsp3) is 0.500. The van der Waals surface area contributed by atoms with Crippen LogP contribution in [0, 0.1) is 0 Å². The Balaban J connectivity index is 2.43. The second-order valence-corrected chi connectivity index (χ2v) is 5.32. The quantitative estimate of drug-likeness (QED) is 0.712. The summed E-state index contributed by atoms with van der Waals surface area (Å²) < 4.78 is 30.2. The van der Waals surface area contributed by atoms with Crippen molar-refractivity contribution in [3.63, 3.8) is 0 Å². The molecule has 0 aliphatic carbocycles. The van der Waals surface area contributed by atoms with Gasteiger partial charge in [0.15, 0.2) is 11.5 Å². The van der Waals surface area contributed by atoms with Gasteiger partial charge in [0.1, 0.15) is 0 Å². The lowest BCUT2D eigenvalue weighted by Crippen LogP contribution is -2.29. The van der Waals surface area contributed by atoms with Crippen LogP contribution < -0.4 is 8.91 Å². The molecule has 0 aliphatic rings. The number of para-hydroxylation sites is 2. The second-order valence-electron chi connectivity index (χ2n) is 3.96. The first-order valence-corrected chi connectivity index (χ1v) is 7.43. The summed E-state index contributed by atoms with van der Waals surface area (Å²) in [6.07, 6.45) is 3.94. The predicted molar refractivity (Wildman–Crippen MR) is 69.8 cm³/mol. The highest BCUT2D eigenvalue weighted by molar-refractivity contribution is 7.85. The Hall–Kier alpha value is -1.27. The number of unbranched alkanes of at least 4 members (excludes halogenated alkanes) is 3. The van der Waals surface area contributed by atoms with Crippen LogP contribution in [0.1, 0.15) is 32.6 Å². The Bertz CT molecular complexity index is 459. The normalized spacial score (nSPS) is 11.4. The number of phenolic OH excluding ortho intramolecular Hbond substituents is 1. The smallest absolute Gasteiger partial charge is 0.382 e. The number of nitrogens with one attached hydrogen (secondary N) is 1. The van der Waals surface area contributed by atoms with E-state index in [1.54, 1.807) is 12.1 Å². The summed E-state index contributed by atoms with van der Waals surface area (Å²) in [4.78, 5) is 0. The summed E-state index contributed by atoms with van der Waals surface area (Å²) >= 11 is 0. The zero-order chi connectivity index (χ0) is 13.4. The van der Waals surface area contributed by atoms with Crippen molar-refractivity contribution in [2.75, 3.05) is 6.54 Å². The molecule has 1 aromatic carbocycles. The fourth-order valence-electron chi connectivity index (χ4n) is 1.42. The molecule has 6 heteroatoms. The Morgan fingerprint density at radius 1 is 1.22 bits per heavy atom. The molecule has 18 heavy (non-hydrogen) atoms. The molecule has 0 bridgehead atoms. The van der Waals surface area contributed by atoms with Crippen LogP contribution in [0.4, 0.5) is 0 Å². The number of hydrogen-bond donors (Lipinski definition) is 2. The number of phenols is 1. The molecular weight excluding hydrogens is 254 g/mol. The maximum atomic E-state index is 11.5. The van der Waals surface area contributed by atoms with Crippen molar-refractivity contribution >= 4 is 10.3 Å². The second kappa shape index (κ2) is 7.23. The van der Waals surface area contributed by atoms with Gasteiger partial charge in [-0.15, -0.1) is 0 Å². The zero-order valence-electron chi connectivity index (χ0n) is 10.4. The van der Waals surface area contributed by atoms with Crippen LogP contribution in [0.25, 0.3) is 0 Å². The number of benzene rings is 1. The van der Waals surface area contributed by atoms with Gasteiger partial charge in [-0.3, -0.25) is 0 Å². The maximum Gasteiger partial charge on any atom is 0.382 e. The molecule has 0 radical (unpaired) electrons. The molecule has 1 rings (SSSR count). The van der Waals surface area contributed by atoms with Gasteiger partial charge in [0.2, 0.25) is 0 Å². The lowest BCUT2D eigenvalue weighted by molar-refractivity contribution is 0.422. The van der Waals surface area contributed by atoms with E-state index in [-0.39, 0.29) is 11.5 Å². The lowest BCUT2D eigenvalue weighted by Gasteiger charge is -2.08. The number of aromatic hydroxyl groups is 1. The highest BCUT2D eigenvalue weighted by atomic mass is 32.2. The largest absolute Gasteiger partial charge is 0.504 e. The van der Waals surface area contributed by atoms with Crippen LogP contribution in [0.3, 0.4) is 0 Å². The van der Waals surface area contributed by atoms with Gasteiger partial charge in [0.05, 0.1) is 0 Å². The first kappa shape index (κ1) is 14.8. The third-order valence-electron chi connectivity index (χ3n) is 2.37. The van der Waals surface area contributed by atoms with E-state index < -0.39 is 10.3 Å². The molecule has 0 amide bonds. The summed E-state index contributed by atoms with van der Waals surface area (Å²) in [7, 11) is -3.85. The Morgan fingerprint density at radius 3 is 2.61 bits per heavy atom. The SMILES string of the molecule is CCCCCCNS(=O)(=O)Oc1ccccc1O. The maximum absolute atomic E-state index is 11.5. The van der Waals surface area contributed by atoms with Gasteiger partial charge in [-0.25, -0.2) is 0 Å². The van der Waals surface area contributed by atoms with Crippen molar-refractivity contribution in [1.29, 1.82) is 0 Å². The van der Waals surface area contributed by atoms with Crippen molar-refractivity contribution in [2.24, 2.45) is 0 Å². The van der Waals surface area contributed by atoms with Crippen LogP contribution in [0.5, 0.6) is 11.5 Å². The van der Waals surface area contributed by atoms with Crippen LogP contribution in [0.2, 0.25) is 0 Å². The van der Waals surface area contributed by atoms with E-state index in [9.17, 15) is 13.5 Å². The van der Waals surface area contributed by atoms with Crippen molar-refractivity contribution in [3.05, 3.63) is 24.3 Å². The molecule has 0 aromatic heterocycles. The third kappa shape index (κ3) is 5.37. The standard InChI is InChI=1S/C12H19NO4S/c1-2-3-4-7-10-13-18(15,16)17-12-9-6-5-8-11(12)14/h5-6,8-9,13-14H,2-4,7,10H2,1H3. The molecular formula is C12H19NO4S. The van der Waals surface area contributed by atoms with Gasteiger partial charge in [0, 0.05) is 6.54 Å². The Labute approximate surface area is 108 Å². The Kier molecular flexibility index (Phi) is 5.94. The van der Waals surface area contributed by atoms with Crippen molar-refractivity contribution in [2.45, 2.75) is 32.6 Å². The molecule has 0 fully saturated rings. The Morgan fingerprint density at radius 2 is 1.94 bits per heavy atom. The molecule has 2 N–H and O–H groups in total. The average Bonchev–Trinajstić information content (AvgIpc) is 2.31. The van der Waals surface area contributed by atoms with E-state index in [1.807, 2.05) is 0 Å². The summed E-state index contributed by atoms with van der Waals surface area (Å²) in [5, 5.41) is 9.40. The van der Waals surface area contributed by atoms with Crippen LogP contribution in [-0.2, 0) is 10.3 Å². The van der Waals surface area contributed by atoms with Crippen molar-refractivity contribution < 1.29 is 17.7 Å². The third-order valence-corrected chi connectivity index (χ3v) is 3.33. The molecule has 0 saturated heterocycles. The van der Waals surface area contributed by atoms with Gasteiger partial charge in [0.25, 0.3) is 0 Å². The molecule has 5 nitrogen and oxygen atoms in total. The molecule has 0 saturated carbocycles. The minimum atomic E-state index is -3.85. The topological polar surface area (TPSA) is 75.6 Å². The van der Waals surface area contributed by atoms with E-state index in [4.69, 9.17) is 4.18 Å². The molecule has 0 unspecified atom stereocenters. The van der Waals surface area contributed by atoms with E-state index in [0.717, 1.165) is 25.7 Å². The molecule has 102 valence electrons. The highest BCUT2D eigenvalue weighted by Gasteiger charge is 2.13. The van der Waals surface area contributed by atoms with E-state index in [1.165, 1.54) is 12.1 Å². The number of rotatable bonds is 8. The monoisotopic (exact) mass is 273 g/mol.